The van der Waals surface area contributed by atoms with Crippen LogP contribution in [0.15, 0.2) is 24.3 Å². The van der Waals surface area contributed by atoms with Gasteiger partial charge in [0, 0.05) is 12.7 Å². The molecule has 0 bridgehead atoms. The van der Waals surface area contributed by atoms with E-state index in [2.05, 4.69) is 13.0 Å². The minimum Gasteiger partial charge on any atom is -0.519 e. The molecule has 0 saturated carbocycles. The Labute approximate surface area is 86.7 Å². The smallest absolute Gasteiger partial charge is 0.457 e. The van der Waals surface area contributed by atoms with Crippen molar-refractivity contribution >= 4 is 9.28 Å². The van der Waals surface area contributed by atoms with Crippen LogP contribution in [0, 0.1) is 6.92 Å². The molecular formula is C11H15O2Si. The highest BCUT2D eigenvalue weighted by Crippen LogP contribution is 2.20. The van der Waals surface area contributed by atoms with Gasteiger partial charge in [-0.15, -0.1) is 0 Å². The first-order chi connectivity index (χ1) is 6.86. The molecule has 1 aliphatic heterocycles. The van der Waals surface area contributed by atoms with Crippen LogP contribution in [0.1, 0.15) is 18.4 Å². The van der Waals surface area contributed by atoms with Gasteiger partial charge in [-0.1, -0.05) is 18.2 Å². The predicted octanol–water partition coefficient (Wildman–Crippen LogP) is 2.67. The van der Waals surface area contributed by atoms with E-state index in [1.54, 1.807) is 0 Å². The Morgan fingerprint density at radius 3 is 2.86 bits per heavy atom. The standard InChI is InChI=1S/C11H15O2Si/c1-10-6-2-3-7-11(10)13-14-9-5-4-8-12-14/h2-3,6-7H,4-5,8-9H2,1H3. The largest absolute Gasteiger partial charge is 0.519 e. The van der Waals surface area contributed by atoms with Crippen molar-refractivity contribution in [1.82, 2.24) is 0 Å². The zero-order chi connectivity index (χ0) is 9.80. The number of aryl methyl sites for hydroxylation is 1. The molecule has 0 unspecified atom stereocenters. The lowest BCUT2D eigenvalue weighted by atomic mass is 10.2. The average Bonchev–Trinajstić information content (AvgIpc) is 2.23. The van der Waals surface area contributed by atoms with E-state index in [0.717, 1.165) is 18.4 Å². The lowest BCUT2D eigenvalue weighted by Gasteiger charge is -2.20. The van der Waals surface area contributed by atoms with Crippen molar-refractivity contribution in [3.8, 4) is 5.75 Å². The molecule has 3 heteroatoms. The fourth-order valence-corrected chi connectivity index (χ4v) is 3.19. The maximum absolute atomic E-state index is 5.87. The van der Waals surface area contributed by atoms with Crippen LogP contribution in [-0.2, 0) is 4.43 Å². The molecule has 1 heterocycles. The van der Waals surface area contributed by atoms with Crippen LogP contribution in [0.4, 0.5) is 0 Å². The number of hydrogen-bond acceptors (Lipinski definition) is 2. The zero-order valence-corrected chi connectivity index (χ0v) is 9.45. The molecule has 2 rings (SSSR count). The monoisotopic (exact) mass is 207 g/mol. The van der Waals surface area contributed by atoms with E-state index in [-0.39, 0.29) is 0 Å². The van der Waals surface area contributed by atoms with Gasteiger partial charge < -0.3 is 8.85 Å². The highest BCUT2D eigenvalue weighted by molar-refractivity contribution is 6.45. The molecule has 0 aromatic heterocycles. The van der Waals surface area contributed by atoms with Crippen molar-refractivity contribution in [3.63, 3.8) is 0 Å². The summed E-state index contributed by atoms with van der Waals surface area (Å²) in [6, 6.07) is 9.24. The van der Waals surface area contributed by atoms with Gasteiger partial charge in [0.05, 0.1) is 0 Å². The summed E-state index contributed by atoms with van der Waals surface area (Å²) in [6.45, 7) is 2.95. The fourth-order valence-electron chi connectivity index (χ4n) is 1.50. The topological polar surface area (TPSA) is 18.5 Å². The van der Waals surface area contributed by atoms with Gasteiger partial charge in [-0.05, 0) is 31.4 Å². The average molecular weight is 207 g/mol. The number of rotatable bonds is 2. The maximum Gasteiger partial charge on any atom is 0.457 e. The highest BCUT2D eigenvalue weighted by atomic mass is 28.3. The Kier molecular flexibility index (Phi) is 3.21. The second-order valence-corrected chi connectivity index (χ2v) is 5.28. The number of benzene rings is 1. The minimum absolute atomic E-state index is 0.875. The quantitative estimate of drug-likeness (QED) is 0.694. The van der Waals surface area contributed by atoms with E-state index < -0.39 is 9.28 Å². The molecule has 1 radical (unpaired) electrons. The summed E-state index contributed by atoms with van der Waals surface area (Å²) < 4.78 is 11.5. The zero-order valence-electron chi connectivity index (χ0n) is 8.45. The molecule has 75 valence electrons. The van der Waals surface area contributed by atoms with Crippen molar-refractivity contribution in [2.45, 2.75) is 25.8 Å². The second-order valence-electron chi connectivity index (χ2n) is 3.55. The van der Waals surface area contributed by atoms with Gasteiger partial charge in [-0.25, -0.2) is 0 Å². The maximum atomic E-state index is 5.87. The first kappa shape index (κ1) is 9.74. The van der Waals surface area contributed by atoms with Gasteiger partial charge in [0.25, 0.3) is 0 Å². The summed E-state index contributed by atoms with van der Waals surface area (Å²) in [5.41, 5.74) is 1.19. The lowest BCUT2D eigenvalue weighted by Crippen LogP contribution is -2.30. The molecule has 2 nitrogen and oxygen atoms in total. The third-order valence-corrected chi connectivity index (χ3v) is 4.09. The van der Waals surface area contributed by atoms with E-state index in [1.807, 2.05) is 18.2 Å². The van der Waals surface area contributed by atoms with Crippen molar-refractivity contribution in [2.24, 2.45) is 0 Å². The van der Waals surface area contributed by atoms with Crippen LogP contribution in [0.2, 0.25) is 6.04 Å². The van der Waals surface area contributed by atoms with Gasteiger partial charge in [0.1, 0.15) is 5.75 Å². The van der Waals surface area contributed by atoms with Crippen molar-refractivity contribution in [1.29, 1.82) is 0 Å². The predicted molar refractivity (Wildman–Crippen MR) is 57.6 cm³/mol. The Balaban J connectivity index is 1.99. The molecule has 1 aliphatic rings. The van der Waals surface area contributed by atoms with E-state index >= 15 is 0 Å². The first-order valence-corrected chi connectivity index (χ1v) is 6.61. The molecular weight excluding hydrogens is 192 g/mol. The van der Waals surface area contributed by atoms with E-state index in [4.69, 9.17) is 8.85 Å². The van der Waals surface area contributed by atoms with E-state index in [1.165, 1.54) is 18.4 Å². The van der Waals surface area contributed by atoms with E-state index in [9.17, 15) is 0 Å². The Bertz CT molecular complexity index is 295. The van der Waals surface area contributed by atoms with Gasteiger partial charge in [0.15, 0.2) is 0 Å². The van der Waals surface area contributed by atoms with Crippen LogP contribution in [0.3, 0.4) is 0 Å². The van der Waals surface area contributed by atoms with E-state index in [0.29, 0.717) is 0 Å². The van der Waals surface area contributed by atoms with Gasteiger partial charge in [-0.3, -0.25) is 0 Å². The Morgan fingerprint density at radius 2 is 2.14 bits per heavy atom. The number of para-hydroxylation sites is 1. The van der Waals surface area contributed by atoms with Gasteiger partial charge in [-0.2, -0.15) is 0 Å². The molecule has 1 saturated heterocycles. The molecule has 0 amide bonds. The molecule has 14 heavy (non-hydrogen) atoms. The minimum atomic E-state index is -1.02. The molecule has 1 aromatic rings. The van der Waals surface area contributed by atoms with Crippen molar-refractivity contribution < 1.29 is 8.85 Å². The molecule has 0 N–H and O–H groups in total. The van der Waals surface area contributed by atoms with Crippen molar-refractivity contribution in [3.05, 3.63) is 29.8 Å². The molecule has 1 fully saturated rings. The first-order valence-electron chi connectivity index (χ1n) is 5.08. The number of hydrogen-bond donors (Lipinski definition) is 0. The van der Waals surface area contributed by atoms with Crippen LogP contribution in [-0.4, -0.2) is 15.9 Å². The summed E-state index contributed by atoms with van der Waals surface area (Å²) in [4.78, 5) is 0. The third kappa shape index (κ3) is 2.36. The normalized spacial score (nSPS) is 18.1. The summed E-state index contributed by atoms with van der Waals surface area (Å²) in [5.74, 6) is 0.989. The van der Waals surface area contributed by atoms with Crippen LogP contribution in [0.5, 0.6) is 5.75 Å². The third-order valence-electron chi connectivity index (χ3n) is 2.36. The second kappa shape index (κ2) is 4.62. The summed E-state index contributed by atoms with van der Waals surface area (Å²) in [6.07, 6.45) is 2.44. The van der Waals surface area contributed by atoms with Crippen LogP contribution >= 0.6 is 0 Å². The Morgan fingerprint density at radius 1 is 1.29 bits per heavy atom. The summed E-state index contributed by atoms with van der Waals surface area (Å²) in [7, 11) is -1.02. The van der Waals surface area contributed by atoms with Crippen LogP contribution in [0.25, 0.3) is 0 Å². The highest BCUT2D eigenvalue weighted by Gasteiger charge is 2.21. The molecule has 0 atom stereocenters. The molecule has 0 spiro atoms. The lowest BCUT2D eigenvalue weighted by molar-refractivity contribution is 0.236. The Hall–Kier alpha value is -0.803. The van der Waals surface area contributed by atoms with Crippen molar-refractivity contribution in [2.75, 3.05) is 6.61 Å². The fraction of sp³-hybridized carbons (Fsp3) is 0.455. The summed E-state index contributed by atoms with van der Waals surface area (Å²) in [5, 5.41) is 0. The van der Waals surface area contributed by atoms with Gasteiger partial charge >= 0.3 is 9.28 Å². The van der Waals surface area contributed by atoms with Gasteiger partial charge in [0.2, 0.25) is 0 Å². The molecule has 1 aromatic carbocycles. The molecule has 0 aliphatic carbocycles. The SMILES string of the molecule is Cc1ccccc1O[Si]1CCCCO1. The summed E-state index contributed by atoms with van der Waals surface area (Å²) >= 11 is 0. The van der Waals surface area contributed by atoms with Crippen LogP contribution < -0.4 is 4.43 Å².